The highest BCUT2D eigenvalue weighted by Crippen LogP contribution is 2.26. The van der Waals surface area contributed by atoms with E-state index in [0.29, 0.717) is 10.8 Å². The summed E-state index contributed by atoms with van der Waals surface area (Å²) >= 11 is 1.22. The van der Waals surface area contributed by atoms with Gasteiger partial charge in [-0.2, -0.15) is 0 Å². The maximum Gasteiger partial charge on any atom is 0.188 e. The van der Waals surface area contributed by atoms with E-state index in [0.717, 1.165) is 0 Å². The molecule has 0 unspecified atom stereocenters. The Morgan fingerprint density at radius 2 is 2.12 bits per heavy atom. The normalized spacial score (nSPS) is 11.4. The van der Waals surface area contributed by atoms with Crippen molar-refractivity contribution in [2.75, 3.05) is 7.11 Å². The van der Waals surface area contributed by atoms with Crippen LogP contribution in [0.15, 0.2) is 34.7 Å². The van der Waals surface area contributed by atoms with E-state index >= 15 is 0 Å². The first-order chi connectivity index (χ1) is 8.13. The number of sulfone groups is 1. The van der Waals surface area contributed by atoms with Crippen molar-refractivity contribution in [2.45, 2.75) is 10.6 Å². The number of aromatic nitrogens is 2. The average Bonchev–Trinajstić information content (AvgIpc) is 2.81. The smallest absolute Gasteiger partial charge is 0.188 e. The zero-order chi connectivity index (χ0) is 12.3. The topological polar surface area (TPSA) is 69.2 Å². The molecule has 1 aromatic heterocycles. The summed E-state index contributed by atoms with van der Waals surface area (Å²) in [6.07, 6.45) is 0. The molecule has 17 heavy (non-hydrogen) atoms. The molecule has 90 valence electrons. The zero-order valence-electron chi connectivity index (χ0n) is 9.03. The third-order valence-electron chi connectivity index (χ3n) is 2.12. The molecule has 0 saturated heterocycles. The SMILES string of the molecule is COc1ccccc1S(=O)(=O)Cc1nncs1. The standard InChI is InChI=1S/C10H10N2O3S2/c1-15-8-4-2-3-5-9(8)17(13,14)6-10-12-11-7-16-10/h2-5,7H,6H2,1H3. The first-order valence-corrected chi connectivity index (χ1v) is 7.27. The Hall–Kier alpha value is -1.47. The number of para-hydroxylation sites is 1. The van der Waals surface area contributed by atoms with Crippen LogP contribution < -0.4 is 4.74 Å². The molecule has 0 fully saturated rings. The van der Waals surface area contributed by atoms with Gasteiger partial charge in [0.15, 0.2) is 9.84 Å². The summed E-state index contributed by atoms with van der Waals surface area (Å²) in [5.41, 5.74) is 1.51. The Morgan fingerprint density at radius 3 is 2.76 bits per heavy atom. The van der Waals surface area contributed by atoms with Crippen LogP contribution in [0.1, 0.15) is 5.01 Å². The van der Waals surface area contributed by atoms with Crippen molar-refractivity contribution in [3.05, 3.63) is 34.8 Å². The first-order valence-electron chi connectivity index (χ1n) is 4.74. The second-order valence-corrected chi connectivity index (χ2v) is 6.12. The van der Waals surface area contributed by atoms with Crippen LogP contribution in [-0.2, 0) is 15.6 Å². The summed E-state index contributed by atoms with van der Waals surface area (Å²) in [5, 5.41) is 7.81. The minimum Gasteiger partial charge on any atom is -0.495 e. The molecule has 1 aromatic carbocycles. The lowest BCUT2D eigenvalue weighted by Gasteiger charge is -2.07. The summed E-state index contributed by atoms with van der Waals surface area (Å²) in [7, 11) is -2.00. The van der Waals surface area contributed by atoms with Crippen molar-refractivity contribution in [1.29, 1.82) is 0 Å². The number of hydrogen-bond donors (Lipinski definition) is 0. The summed E-state index contributed by atoms with van der Waals surface area (Å²) in [6.45, 7) is 0. The molecule has 7 heteroatoms. The molecule has 0 N–H and O–H groups in total. The highest BCUT2D eigenvalue weighted by atomic mass is 32.2. The van der Waals surface area contributed by atoms with E-state index in [2.05, 4.69) is 10.2 Å². The Labute approximate surface area is 103 Å². The highest BCUT2D eigenvalue weighted by Gasteiger charge is 2.21. The maximum absolute atomic E-state index is 12.1. The lowest BCUT2D eigenvalue weighted by Crippen LogP contribution is -2.06. The van der Waals surface area contributed by atoms with Crippen molar-refractivity contribution in [2.24, 2.45) is 0 Å². The molecule has 0 aliphatic heterocycles. The number of methoxy groups -OCH3 is 1. The molecule has 0 amide bonds. The van der Waals surface area contributed by atoms with Gasteiger partial charge in [-0.1, -0.05) is 12.1 Å². The van der Waals surface area contributed by atoms with Crippen LogP contribution >= 0.6 is 11.3 Å². The van der Waals surface area contributed by atoms with Crippen LogP contribution in [0.5, 0.6) is 5.75 Å². The van der Waals surface area contributed by atoms with Gasteiger partial charge in [0.1, 0.15) is 26.9 Å². The van der Waals surface area contributed by atoms with E-state index in [4.69, 9.17) is 4.74 Å². The summed E-state index contributed by atoms with van der Waals surface area (Å²) in [5.74, 6) is 0.190. The fraction of sp³-hybridized carbons (Fsp3) is 0.200. The second-order valence-electron chi connectivity index (χ2n) is 3.24. The molecule has 0 atom stereocenters. The number of hydrogen-bond acceptors (Lipinski definition) is 6. The molecule has 0 aliphatic carbocycles. The third kappa shape index (κ3) is 2.62. The molecule has 0 bridgehead atoms. The quantitative estimate of drug-likeness (QED) is 0.842. The van der Waals surface area contributed by atoms with Crippen molar-refractivity contribution in [3.63, 3.8) is 0 Å². The van der Waals surface area contributed by atoms with Crippen LogP contribution in [-0.4, -0.2) is 25.7 Å². The lowest BCUT2D eigenvalue weighted by atomic mass is 10.3. The highest BCUT2D eigenvalue weighted by molar-refractivity contribution is 7.90. The molecule has 1 heterocycles. The number of benzene rings is 1. The molecule has 2 aromatic rings. The summed E-state index contributed by atoms with van der Waals surface area (Å²) in [6, 6.07) is 6.53. The first kappa shape index (κ1) is 12.0. The Morgan fingerprint density at radius 1 is 1.35 bits per heavy atom. The third-order valence-corrected chi connectivity index (χ3v) is 4.66. The minimum absolute atomic E-state index is 0.155. The van der Waals surface area contributed by atoms with Gasteiger partial charge in [-0.15, -0.1) is 21.5 Å². The molecule has 0 spiro atoms. The van der Waals surface area contributed by atoms with Gasteiger partial charge in [0, 0.05) is 0 Å². The van der Waals surface area contributed by atoms with Crippen molar-refractivity contribution in [1.82, 2.24) is 10.2 Å². The van der Waals surface area contributed by atoms with Crippen molar-refractivity contribution in [3.8, 4) is 5.75 Å². The molecule has 0 aliphatic rings. The van der Waals surface area contributed by atoms with Crippen LogP contribution in [0.3, 0.4) is 0 Å². The average molecular weight is 270 g/mol. The van der Waals surface area contributed by atoms with Gasteiger partial charge in [0.2, 0.25) is 0 Å². The van der Waals surface area contributed by atoms with Crippen LogP contribution in [0.2, 0.25) is 0 Å². The van der Waals surface area contributed by atoms with Gasteiger partial charge in [-0.05, 0) is 12.1 Å². The summed E-state index contributed by atoms with van der Waals surface area (Å²) in [4.78, 5) is 0.178. The van der Waals surface area contributed by atoms with Crippen molar-refractivity contribution >= 4 is 21.2 Å². The monoisotopic (exact) mass is 270 g/mol. The molecule has 5 nitrogen and oxygen atoms in total. The Bertz CT molecular complexity index is 594. The predicted molar refractivity (Wildman–Crippen MR) is 63.8 cm³/mol. The molecular formula is C10H10N2O3S2. The van der Waals surface area contributed by atoms with E-state index in [9.17, 15) is 8.42 Å². The van der Waals surface area contributed by atoms with Gasteiger partial charge in [-0.3, -0.25) is 0 Å². The fourth-order valence-corrected chi connectivity index (χ4v) is 3.70. The van der Waals surface area contributed by atoms with Crippen molar-refractivity contribution < 1.29 is 13.2 Å². The van der Waals surface area contributed by atoms with E-state index in [1.54, 1.807) is 18.2 Å². The molecule has 2 rings (SSSR count). The van der Waals surface area contributed by atoms with Crippen LogP contribution in [0, 0.1) is 0 Å². The zero-order valence-corrected chi connectivity index (χ0v) is 10.7. The fourth-order valence-electron chi connectivity index (χ4n) is 1.37. The second kappa shape index (κ2) is 4.80. The minimum atomic E-state index is -3.44. The van der Waals surface area contributed by atoms with E-state index in [-0.39, 0.29) is 10.6 Å². The lowest BCUT2D eigenvalue weighted by molar-refractivity contribution is 0.402. The largest absolute Gasteiger partial charge is 0.495 e. The van der Waals surface area contributed by atoms with Crippen LogP contribution in [0.25, 0.3) is 0 Å². The molecular weight excluding hydrogens is 260 g/mol. The molecule has 0 saturated carbocycles. The van der Waals surface area contributed by atoms with Gasteiger partial charge >= 0.3 is 0 Å². The van der Waals surface area contributed by atoms with Gasteiger partial charge in [-0.25, -0.2) is 8.42 Å². The maximum atomic E-state index is 12.1. The predicted octanol–water partition coefficient (Wildman–Crippen LogP) is 1.52. The number of rotatable bonds is 4. The number of ether oxygens (including phenoxy) is 1. The van der Waals surface area contributed by atoms with Gasteiger partial charge in [0.05, 0.1) is 7.11 Å². The number of nitrogens with zero attached hydrogens (tertiary/aromatic N) is 2. The van der Waals surface area contributed by atoms with Gasteiger partial charge in [0.25, 0.3) is 0 Å². The van der Waals surface area contributed by atoms with Gasteiger partial charge < -0.3 is 4.74 Å². The Kier molecular flexibility index (Phi) is 3.39. The Balaban J connectivity index is 2.38. The van der Waals surface area contributed by atoms with Crippen LogP contribution in [0.4, 0.5) is 0 Å². The van der Waals surface area contributed by atoms with E-state index in [1.165, 1.54) is 30.0 Å². The molecule has 0 radical (unpaired) electrons. The van der Waals surface area contributed by atoms with E-state index < -0.39 is 9.84 Å². The summed E-state index contributed by atoms with van der Waals surface area (Å²) < 4.78 is 29.3. The van der Waals surface area contributed by atoms with E-state index in [1.807, 2.05) is 0 Å².